The number of benzene rings is 2. The third-order valence-corrected chi connectivity index (χ3v) is 4.30. The molecule has 3 nitrogen and oxygen atoms in total. The summed E-state index contributed by atoms with van der Waals surface area (Å²) < 4.78 is 5.82. The monoisotopic (exact) mass is 359 g/mol. The van der Waals surface area contributed by atoms with Gasteiger partial charge in [-0.2, -0.15) is 0 Å². The lowest BCUT2D eigenvalue weighted by molar-refractivity contribution is 0.104. The fourth-order valence-electron chi connectivity index (χ4n) is 3.01. The second kappa shape index (κ2) is 9.62. The Morgan fingerprint density at radius 3 is 2.72 bits per heavy atom. The van der Waals surface area contributed by atoms with E-state index in [2.05, 4.69) is 54.7 Å². The molecule has 0 fully saturated rings. The summed E-state index contributed by atoms with van der Waals surface area (Å²) in [6.45, 7) is 2.96. The van der Waals surface area contributed by atoms with Crippen molar-refractivity contribution in [3.8, 4) is 5.75 Å². The zero-order valence-electron chi connectivity index (χ0n) is 14.5. The number of nitrogens with one attached hydrogen (secondary N) is 1. The summed E-state index contributed by atoms with van der Waals surface area (Å²) in [5.74, 6) is 0.859. The Balaban J connectivity index is 0.00000225. The van der Waals surface area contributed by atoms with Crippen molar-refractivity contribution >= 4 is 18.5 Å². The van der Waals surface area contributed by atoms with Gasteiger partial charge in [-0.25, -0.2) is 0 Å². The highest BCUT2D eigenvalue weighted by Gasteiger charge is 2.13. The first-order valence-corrected chi connectivity index (χ1v) is 8.59. The van der Waals surface area contributed by atoms with Gasteiger partial charge in [-0.05, 0) is 37.0 Å². The largest absolute Gasteiger partial charge is 0.490 e. The number of halogens is 1. The standard InChI is InChI=1S/C21H25NO2.ClH/c1-16(13-17-7-3-2-4-8-17)22-14-19(23)15-24-21-12-6-10-18-9-5-11-20(18)21;/h2-8,10-12,16,19,22-23H,9,13-15H2,1H3;1H. The molecule has 0 aromatic heterocycles. The third-order valence-electron chi connectivity index (χ3n) is 4.30. The fourth-order valence-corrected chi connectivity index (χ4v) is 3.01. The molecule has 2 atom stereocenters. The maximum Gasteiger partial charge on any atom is 0.126 e. The highest BCUT2D eigenvalue weighted by molar-refractivity contribution is 5.85. The number of fused-ring (bicyclic) bond motifs is 1. The van der Waals surface area contributed by atoms with Gasteiger partial charge in [0.1, 0.15) is 18.5 Å². The average Bonchev–Trinajstić information content (AvgIpc) is 3.08. The molecule has 1 aliphatic rings. The highest BCUT2D eigenvalue weighted by Crippen LogP contribution is 2.28. The molecule has 1 aliphatic carbocycles. The Morgan fingerprint density at radius 1 is 1.12 bits per heavy atom. The van der Waals surface area contributed by atoms with Gasteiger partial charge in [0, 0.05) is 18.2 Å². The summed E-state index contributed by atoms with van der Waals surface area (Å²) in [7, 11) is 0. The van der Waals surface area contributed by atoms with E-state index in [1.54, 1.807) is 0 Å². The first kappa shape index (κ1) is 19.5. The molecule has 0 amide bonds. The molecule has 4 heteroatoms. The molecule has 0 spiro atoms. The molecule has 0 heterocycles. The first-order valence-electron chi connectivity index (χ1n) is 8.59. The van der Waals surface area contributed by atoms with Gasteiger partial charge in [-0.1, -0.05) is 54.6 Å². The van der Waals surface area contributed by atoms with Crippen LogP contribution in [0.5, 0.6) is 5.75 Å². The van der Waals surface area contributed by atoms with E-state index in [-0.39, 0.29) is 12.4 Å². The summed E-state index contributed by atoms with van der Waals surface area (Å²) in [6.07, 6.45) is 5.63. The first-order chi connectivity index (χ1) is 11.7. The number of hydrogen-bond acceptors (Lipinski definition) is 3. The van der Waals surface area contributed by atoms with E-state index in [9.17, 15) is 5.11 Å². The minimum absolute atomic E-state index is 0. The predicted octanol–water partition coefficient (Wildman–Crippen LogP) is 3.64. The minimum atomic E-state index is -0.524. The van der Waals surface area contributed by atoms with Crippen molar-refractivity contribution < 1.29 is 9.84 Å². The van der Waals surface area contributed by atoms with Gasteiger partial charge >= 0.3 is 0 Å². The lowest BCUT2D eigenvalue weighted by atomic mass is 10.1. The van der Waals surface area contributed by atoms with Crippen LogP contribution in [-0.4, -0.2) is 30.4 Å². The number of aliphatic hydroxyl groups is 1. The summed E-state index contributed by atoms with van der Waals surface area (Å²) in [6, 6.07) is 16.8. The molecule has 0 radical (unpaired) electrons. The van der Waals surface area contributed by atoms with Gasteiger partial charge in [0.05, 0.1) is 0 Å². The zero-order valence-corrected chi connectivity index (χ0v) is 15.3. The molecule has 0 bridgehead atoms. The van der Waals surface area contributed by atoms with Crippen molar-refractivity contribution in [3.63, 3.8) is 0 Å². The number of rotatable bonds is 8. The van der Waals surface area contributed by atoms with E-state index in [4.69, 9.17) is 4.74 Å². The van der Waals surface area contributed by atoms with E-state index in [1.165, 1.54) is 11.1 Å². The Hall–Kier alpha value is -1.81. The van der Waals surface area contributed by atoms with E-state index in [0.29, 0.717) is 19.2 Å². The van der Waals surface area contributed by atoms with Gasteiger partial charge in [0.25, 0.3) is 0 Å². The van der Waals surface area contributed by atoms with Crippen LogP contribution in [0.25, 0.3) is 6.08 Å². The van der Waals surface area contributed by atoms with Gasteiger partial charge < -0.3 is 15.2 Å². The van der Waals surface area contributed by atoms with Gasteiger partial charge in [0.2, 0.25) is 0 Å². The molecule has 3 rings (SSSR count). The lowest BCUT2D eigenvalue weighted by Gasteiger charge is -2.18. The van der Waals surface area contributed by atoms with Crippen LogP contribution in [0.1, 0.15) is 23.6 Å². The topological polar surface area (TPSA) is 41.5 Å². The third kappa shape index (κ3) is 5.60. The molecular formula is C21H26ClNO2. The van der Waals surface area contributed by atoms with Gasteiger partial charge in [-0.15, -0.1) is 12.4 Å². The van der Waals surface area contributed by atoms with Crippen LogP contribution in [0.15, 0.2) is 54.6 Å². The van der Waals surface area contributed by atoms with Crippen molar-refractivity contribution in [2.45, 2.75) is 31.9 Å². The molecule has 0 aliphatic heterocycles. The van der Waals surface area contributed by atoms with Crippen LogP contribution in [-0.2, 0) is 12.8 Å². The maximum atomic E-state index is 10.2. The number of aliphatic hydroxyl groups excluding tert-OH is 1. The molecule has 0 saturated heterocycles. The van der Waals surface area contributed by atoms with E-state index in [0.717, 1.165) is 24.2 Å². The van der Waals surface area contributed by atoms with Crippen molar-refractivity contribution in [2.75, 3.05) is 13.2 Å². The quantitative estimate of drug-likeness (QED) is 0.756. The van der Waals surface area contributed by atoms with Crippen LogP contribution in [0.2, 0.25) is 0 Å². The van der Waals surface area contributed by atoms with Crippen LogP contribution in [0, 0.1) is 0 Å². The van der Waals surface area contributed by atoms with E-state index in [1.807, 2.05) is 18.2 Å². The van der Waals surface area contributed by atoms with Crippen molar-refractivity contribution in [2.24, 2.45) is 0 Å². The predicted molar refractivity (Wildman–Crippen MR) is 106 cm³/mol. The summed E-state index contributed by atoms with van der Waals surface area (Å²) >= 11 is 0. The lowest BCUT2D eigenvalue weighted by Crippen LogP contribution is -2.37. The van der Waals surface area contributed by atoms with Crippen LogP contribution < -0.4 is 10.1 Å². The van der Waals surface area contributed by atoms with Crippen molar-refractivity contribution in [1.29, 1.82) is 0 Å². The van der Waals surface area contributed by atoms with Crippen LogP contribution in [0.4, 0.5) is 0 Å². The molecule has 134 valence electrons. The zero-order chi connectivity index (χ0) is 16.8. The second-order valence-corrected chi connectivity index (χ2v) is 6.40. The Labute approximate surface area is 156 Å². The van der Waals surface area contributed by atoms with Crippen LogP contribution in [0.3, 0.4) is 0 Å². The number of ether oxygens (including phenoxy) is 1. The molecule has 2 aromatic carbocycles. The summed E-state index contributed by atoms with van der Waals surface area (Å²) in [5, 5.41) is 13.5. The second-order valence-electron chi connectivity index (χ2n) is 6.40. The average molecular weight is 360 g/mol. The molecule has 2 unspecified atom stereocenters. The minimum Gasteiger partial charge on any atom is -0.490 e. The smallest absolute Gasteiger partial charge is 0.126 e. The van der Waals surface area contributed by atoms with Crippen molar-refractivity contribution in [1.82, 2.24) is 5.32 Å². The SMILES string of the molecule is CC(Cc1ccccc1)NCC(O)COc1cccc2c1C=CC2.Cl. The molecular weight excluding hydrogens is 334 g/mol. The van der Waals surface area contributed by atoms with E-state index >= 15 is 0 Å². The van der Waals surface area contributed by atoms with Gasteiger partial charge in [-0.3, -0.25) is 0 Å². The normalized spacial score (nSPS) is 14.5. The van der Waals surface area contributed by atoms with E-state index < -0.39 is 6.10 Å². The Kier molecular flexibility index (Phi) is 7.51. The molecule has 25 heavy (non-hydrogen) atoms. The fraction of sp³-hybridized carbons (Fsp3) is 0.333. The highest BCUT2D eigenvalue weighted by atomic mass is 35.5. The summed E-state index contributed by atoms with van der Waals surface area (Å²) in [4.78, 5) is 0. The molecule has 2 aromatic rings. The number of hydrogen-bond donors (Lipinski definition) is 2. The molecule has 0 saturated carbocycles. The Morgan fingerprint density at radius 2 is 1.92 bits per heavy atom. The Bertz CT molecular complexity index is 688. The maximum absolute atomic E-state index is 10.2. The van der Waals surface area contributed by atoms with Gasteiger partial charge in [0.15, 0.2) is 0 Å². The number of allylic oxidation sites excluding steroid dienone is 1. The molecule has 2 N–H and O–H groups in total. The summed E-state index contributed by atoms with van der Waals surface area (Å²) in [5.41, 5.74) is 3.74. The van der Waals surface area contributed by atoms with Crippen LogP contribution >= 0.6 is 12.4 Å². The van der Waals surface area contributed by atoms with Crippen molar-refractivity contribution in [3.05, 3.63) is 71.3 Å².